The van der Waals surface area contributed by atoms with Crippen molar-refractivity contribution in [3.63, 3.8) is 0 Å². The zero-order valence-corrected chi connectivity index (χ0v) is 32.2. The van der Waals surface area contributed by atoms with Gasteiger partial charge in [0.1, 0.15) is 13.2 Å². The van der Waals surface area contributed by atoms with Crippen LogP contribution in [0.3, 0.4) is 0 Å². The molecule has 0 unspecified atom stereocenters. The van der Waals surface area contributed by atoms with Crippen molar-refractivity contribution >= 4 is 117 Å². The third-order valence-corrected chi connectivity index (χ3v) is 5.73. The third kappa shape index (κ3) is 17.8. The van der Waals surface area contributed by atoms with Crippen molar-refractivity contribution in [2.24, 2.45) is 0 Å². The second-order valence-electron chi connectivity index (χ2n) is 8.82. The standard InChI is InChI=1S/C30H32N2O9.2CNS.Ba/c33-27(21-40-25-9-1-5-23-7-3-11-31-29(23)25)38-19-17-36-15-13-35-14-16-37-18-20-39-28(34)22-41-26-10-2-6-24-8-4-12-32-30(24)26;2*2-1-3;/h1-12H,13-22H2;;;/q;2*-1;+2/p+2. The number of para-hydroxylation sites is 2. The van der Waals surface area contributed by atoms with E-state index in [0.29, 0.717) is 37.9 Å². The van der Waals surface area contributed by atoms with Crippen LogP contribution in [0, 0.1) is 0 Å². The van der Waals surface area contributed by atoms with Gasteiger partial charge >= 0.3 is 60.8 Å². The number of nitrogens with one attached hydrogen (secondary N) is 2. The molecule has 0 spiro atoms. The predicted molar refractivity (Wildman–Crippen MR) is 184 cm³/mol. The Bertz CT molecular complexity index is 1480. The first-order chi connectivity index (χ1) is 23.0. The number of pyridine rings is 2. The molecule has 2 aromatic carbocycles. The van der Waals surface area contributed by atoms with Gasteiger partial charge in [-0.1, -0.05) is 36.6 Å². The molecule has 0 radical (unpaired) electrons. The number of ether oxygens (including phenoxy) is 7. The predicted octanol–water partition coefficient (Wildman–Crippen LogP) is 3.15. The molecule has 16 heteroatoms. The second-order valence-corrected chi connectivity index (χ2v) is 9.18. The zero-order valence-electron chi connectivity index (χ0n) is 26.1. The Balaban J connectivity index is 0.00000153. The molecule has 48 heavy (non-hydrogen) atoms. The number of thiocarbonyl (C=S) groups is 2. The number of nitrogens with zero attached hydrogens (tertiary/aromatic N) is 2. The molecule has 13 nitrogen and oxygen atoms in total. The van der Waals surface area contributed by atoms with Gasteiger partial charge in [0.15, 0.2) is 37.1 Å². The summed E-state index contributed by atoms with van der Waals surface area (Å²) in [5, 5.41) is 18.9. The fraction of sp³-hybridized carbons (Fsp3) is 0.312. The van der Waals surface area contributed by atoms with Crippen LogP contribution in [0.4, 0.5) is 0 Å². The van der Waals surface area contributed by atoms with Crippen molar-refractivity contribution in [2.45, 2.75) is 0 Å². The summed E-state index contributed by atoms with van der Waals surface area (Å²) in [5.41, 5.74) is 1.63. The van der Waals surface area contributed by atoms with Crippen molar-refractivity contribution in [3.8, 4) is 11.5 Å². The Morgan fingerprint density at radius 3 is 1.29 bits per heavy atom. The summed E-state index contributed by atoms with van der Waals surface area (Å²) in [6, 6.07) is 18.9. The van der Waals surface area contributed by atoms with Crippen LogP contribution in [0.2, 0.25) is 0 Å². The molecular formula is C32H34BaN4O9S2+2. The van der Waals surface area contributed by atoms with Crippen LogP contribution in [0.1, 0.15) is 0 Å². The van der Waals surface area contributed by atoms with E-state index in [2.05, 4.69) is 34.4 Å². The van der Waals surface area contributed by atoms with Crippen molar-refractivity contribution in [2.75, 3.05) is 66.1 Å². The van der Waals surface area contributed by atoms with E-state index in [-0.39, 0.29) is 88.5 Å². The number of fused-ring (bicyclic) bond motifs is 2. The van der Waals surface area contributed by atoms with Crippen LogP contribution < -0.4 is 19.4 Å². The van der Waals surface area contributed by atoms with Gasteiger partial charge in [-0.15, -0.1) is 0 Å². The van der Waals surface area contributed by atoms with Crippen LogP contribution >= 0.6 is 24.4 Å². The van der Waals surface area contributed by atoms with Gasteiger partial charge in [0.05, 0.1) is 50.4 Å². The van der Waals surface area contributed by atoms with Crippen molar-refractivity contribution in [3.05, 3.63) is 83.9 Å². The average molecular weight is 820 g/mol. The topological polar surface area (TPSA) is 172 Å². The van der Waals surface area contributed by atoms with E-state index in [1.165, 1.54) is 10.3 Å². The van der Waals surface area contributed by atoms with Crippen LogP contribution in [-0.2, 0) is 33.3 Å². The Labute approximate surface area is 328 Å². The van der Waals surface area contributed by atoms with E-state index in [1.807, 2.05) is 48.5 Å². The van der Waals surface area contributed by atoms with Gasteiger partial charge in [0.25, 0.3) is 11.0 Å². The quantitative estimate of drug-likeness (QED) is 0.0475. The zero-order chi connectivity index (χ0) is 34.0. The SMILES string of the molecule is O=C(COc1cccc2ccc[nH+]c12)OCCOCCOCCOCCOC(=O)COc1cccc2ccc[nH+]c12.[Ba+2].[N-]=C=S.[N-]=C=S. The molecule has 0 saturated carbocycles. The summed E-state index contributed by atoms with van der Waals surface area (Å²) in [5.74, 6) is 0.216. The molecule has 0 bridgehead atoms. The number of carbonyl (C=O) groups is 2. The van der Waals surface area contributed by atoms with E-state index >= 15 is 0 Å². The minimum Gasteiger partial charge on any atom is -0.753 e. The van der Waals surface area contributed by atoms with Gasteiger partial charge in [-0.25, -0.2) is 19.6 Å². The maximum absolute atomic E-state index is 11.9. The number of aromatic amines is 2. The van der Waals surface area contributed by atoms with Gasteiger partial charge in [0.2, 0.25) is 0 Å². The molecule has 4 aromatic rings. The van der Waals surface area contributed by atoms with E-state index in [1.54, 1.807) is 24.5 Å². The van der Waals surface area contributed by atoms with Crippen molar-refractivity contribution < 1.29 is 52.7 Å². The third-order valence-electron chi connectivity index (χ3n) is 5.73. The molecule has 0 aliphatic carbocycles. The Morgan fingerprint density at radius 1 is 0.583 bits per heavy atom. The molecule has 0 fully saturated rings. The van der Waals surface area contributed by atoms with Crippen molar-refractivity contribution in [1.29, 1.82) is 0 Å². The van der Waals surface area contributed by atoms with Gasteiger partial charge in [-0.05, 0) is 36.4 Å². The van der Waals surface area contributed by atoms with E-state index in [4.69, 9.17) is 44.0 Å². The minimum absolute atomic E-state index is 0. The van der Waals surface area contributed by atoms with Crippen LogP contribution in [0.15, 0.2) is 73.1 Å². The first-order valence-corrected chi connectivity index (χ1v) is 15.0. The number of esters is 2. The number of isothiocyanates is 2. The van der Waals surface area contributed by atoms with Gasteiger partial charge in [-0.2, -0.15) is 10.3 Å². The largest absolute Gasteiger partial charge is 2.00 e. The number of aromatic nitrogens is 2. The van der Waals surface area contributed by atoms with Crippen LogP contribution in [-0.4, -0.2) is 137 Å². The summed E-state index contributed by atoms with van der Waals surface area (Å²) in [4.78, 5) is 30.1. The normalized spacial score (nSPS) is 9.67. The molecule has 4 rings (SSSR count). The fourth-order valence-corrected chi connectivity index (χ4v) is 3.82. The molecule has 0 atom stereocenters. The number of hydrogen-bond donors (Lipinski definition) is 0. The maximum atomic E-state index is 11.9. The average Bonchev–Trinajstić information content (AvgIpc) is 3.09. The molecule has 2 aromatic heterocycles. The van der Waals surface area contributed by atoms with Gasteiger partial charge in [-0.3, -0.25) is 0 Å². The Hall–Kier alpha value is -3.15. The first-order valence-electron chi connectivity index (χ1n) is 14.2. The molecule has 0 amide bonds. The Kier molecular flexibility index (Phi) is 24.8. The summed E-state index contributed by atoms with van der Waals surface area (Å²) in [6.45, 7) is 1.81. The van der Waals surface area contributed by atoms with Crippen LogP contribution in [0.5, 0.6) is 11.5 Å². The molecule has 0 aliphatic rings. The summed E-state index contributed by atoms with van der Waals surface area (Å²) < 4.78 is 37.6. The molecule has 2 heterocycles. The van der Waals surface area contributed by atoms with E-state index in [0.717, 1.165) is 21.8 Å². The smallest absolute Gasteiger partial charge is 0.753 e. The second kappa shape index (κ2) is 27.8. The number of carbonyl (C=O) groups excluding carboxylic acids is 2. The summed E-state index contributed by atoms with van der Waals surface area (Å²) >= 11 is 7.40. The molecule has 248 valence electrons. The Morgan fingerprint density at radius 2 is 0.917 bits per heavy atom. The number of H-pyrrole nitrogens is 2. The van der Waals surface area contributed by atoms with Crippen LogP contribution in [0.25, 0.3) is 32.6 Å². The van der Waals surface area contributed by atoms with E-state index < -0.39 is 11.9 Å². The molecule has 0 aliphatic heterocycles. The number of hydrogen-bond acceptors (Lipinski definition) is 11. The monoisotopic (exact) mass is 820 g/mol. The maximum Gasteiger partial charge on any atom is 2.00 e. The molecular weight excluding hydrogens is 786 g/mol. The summed E-state index contributed by atoms with van der Waals surface area (Å²) in [6.07, 6.45) is 3.60. The van der Waals surface area contributed by atoms with E-state index in [9.17, 15) is 9.59 Å². The fourth-order valence-electron chi connectivity index (χ4n) is 3.82. The number of benzene rings is 2. The minimum atomic E-state index is -0.475. The number of rotatable bonds is 18. The van der Waals surface area contributed by atoms with Crippen molar-refractivity contribution in [1.82, 2.24) is 0 Å². The molecule has 0 saturated heterocycles. The molecule has 2 N–H and O–H groups in total. The summed E-state index contributed by atoms with van der Waals surface area (Å²) in [7, 11) is 0. The van der Waals surface area contributed by atoms with Gasteiger partial charge in [0, 0.05) is 12.1 Å². The first kappa shape index (κ1) is 42.9. The van der Waals surface area contributed by atoms with Gasteiger partial charge < -0.3 is 44.0 Å².